The summed E-state index contributed by atoms with van der Waals surface area (Å²) in [7, 11) is 0. The molecule has 2 saturated heterocycles. The first-order chi connectivity index (χ1) is 7.70. The van der Waals surface area contributed by atoms with Crippen LogP contribution in [0.4, 0.5) is 0 Å². The number of carbonyl (C=O) groups is 1. The first-order valence-corrected chi connectivity index (χ1v) is 9.00. The number of rotatable bonds is 1. The van der Waals surface area contributed by atoms with Gasteiger partial charge in [-0.2, -0.15) is 11.8 Å². The molecule has 0 aromatic carbocycles. The Balaban J connectivity index is 1.96. The van der Waals surface area contributed by atoms with E-state index in [1.807, 2.05) is 35.3 Å². The second-order valence-corrected chi connectivity index (χ2v) is 8.48. The Morgan fingerprint density at radius 2 is 1.81 bits per heavy atom. The number of thioether (sulfide) groups is 3. The maximum atomic E-state index is 12.4. The molecule has 0 radical (unpaired) electrons. The van der Waals surface area contributed by atoms with E-state index < -0.39 is 0 Å². The van der Waals surface area contributed by atoms with E-state index in [1.54, 1.807) is 0 Å². The highest BCUT2D eigenvalue weighted by Gasteiger charge is 2.34. The third kappa shape index (κ3) is 2.85. The lowest BCUT2D eigenvalue weighted by atomic mass is 10.2. The average molecular weight is 277 g/mol. The molecule has 0 bridgehead atoms. The molecular weight excluding hydrogens is 258 g/mol. The summed E-state index contributed by atoms with van der Waals surface area (Å²) in [6.45, 7) is 5.36. The first kappa shape index (κ1) is 13.0. The van der Waals surface area contributed by atoms with Gasteiger partial charge in [-0.15, -0.1) is 23.5 Å². The van der Waals surface area contributed by atoms with Gasteiger partial charge in [0.25, 0.3) is 0 Å². The van der Waals surface area contributed by atoms with Crippen LogP contribution in [0.2, 0.25) is 0 Å². The Kier molecular flexibility index (Phi) is 4.79. The van der Waals surface area contributed by atoms with Crippen molar-refractivity contribution in [1.82, 2.24) is 4.90 Å². The van der Waals surface area contributed by atoms with Crippen LogP contribution in [0.15, 0.2) is 0 Å². The van der Waals surface area contributed by atoms with Crippen molar-refractivity contribution in [3.63, 3.8) is 0 Å². The zero-order valence-corrected chi connectivity index (χ0v) is 12.3. The third-order valence-corrected chi connectivity index (χ3v) is 7.41. The quantitative estimate of drug-likeness (QED) is 0.733. The number of nitrogens with zero attached hydrogens (tertiary/aromatic N) is 1. The van der Waals surface area contributed by atoms with Gasteiger partial charge in [0.05, 0.1) is 0 Å². The Morgan fingerprint density at radius 1 is 1.12 bits per heavy atom. The molecule has 0 saturated carbocycles. The molecule has 2 aliphatic rings. The average Bonchev–Trinajstić information content (AvgIpc) is 2.33. The van der Waals surface area contributed by atoms with E-state index in [0.717, 1.165) is 23.8 Å². The molecule has 0 aromatic heterocycles. The molecule has 1 amide bonds. The van der Waals surface area contributed by atoms with Crippen LogP contribution in [0.25, 0.3) is 0 Å². The molecule has 0 N–H and O–H groups in total. The standard InChI is InChI=1S/C11H19NOS3/c1-8-9(2)14-7-4-12(8)10(13)11-15-5-3-6-16-11/h8-9,11H,3-7H2,1-2H3. The van der Waals surface area contributed by atoms with Crippen molar-refractivity contribution in [1.29, 1.82) is 0 Å². The predicted octanol–water partition coefficient (Wildman–Crippen LogP) is 2.54. The molecule has 0 spiro atoms. The Labute approximate surface area is 111 Å². The summed E-state index contributed by atoms with van der Waals surface area (Å²) < 4.78 is 0.173. The molecule has 92 valence electrons. The van der Waals surface area contributed by atoms with E-state index in [2.05, 4.69) is 18.7 Å². The monoisotopic (exact) mass is 277 g/mol. The maximum absolute atomic E-state index is 12.4. The molecule has 2 unspecified atom stereocenters. The van der Waals surface area contributed by atoms with E-state index >= 15 is 0 Å². The number of hydrogen-bond acceptors (Lipinski definition) is 4. The van der Waals surface area contributed by atoms with Crippen LogP contribution in [-0.2, 0) is 4.79 Å². The molecule has 5 heteroatoms. The van der Waals surface area contributed by atoms with Crippen LogP contribution in [0.5, 0.6) is 0 Å². The van der Waals surface area contributed by atoms with Crippen LogP contribution in [0.1, 0.15) is 20.3 Å². The van der Waals surface area contributed by atoms with E-state index in [0.29, 0.717) is 17.2 Å². The minimum Gasteiger partial charge on any atom is -0.336 e. The third-order valence-electron chi connectivity index (χ3n) is 3.20. The summed E-state index contributed by atoms with van der Waals surface area (Å²) >= 11 is 5.65. The minimum atomic E-state index is 0.173. The summed E-state index contributed by atoms with van der Waals surface area (Å²) in [4.78, 5) is 14.5. The Morgan fingerprint density at radius 3 is 2.50 bits per heavy atom. The van der Waals surface area contributed by atoms with Crippen molar-refractivity contribution in [2.75, 3.05) is 23.8 Å². The van der Waals surface area contributed by atoms with Crippen LogP contribution in [0, 0.1) is 0 Å². The molecule has 2 atom stereocenters. The SMILES string of the molecule is CC1SCCN(C(=O)C2SCCCS2)C1C. The largest absolute Gasteiger partial charge is 0.336 e. The van der Waals surface area contributed by atoms with Gasteiger partial charge in [-0.3, -0.25) is 4.79 Å². The molecule has 0 aliphatic carbocycles. The van der Waals surface area contributed by atoms with Crippen molar-refractivity contribution in [2.45, 2.75) is 36.1 Å². The van der Waals surface area contributed by atoms with E-state index in [1.165, 1.54) is 6.42 Å². The lowest BCUT2D eigenvalue weighted by Gasteiger charge is -2.39. The van der Waals surface area contributed by atoms with Gasteiger partial charge >= 0.3 is 0 Å². The van der Waals surface area contributed by atoms with E-state index in [-0.39, 0.29) is 4.58 Å². The van der Waals surface area contributed by atoms with Crippen molar-refractivity contribution in [2.24, 2.45) is 0 Å². The zero-order chi connectivity index (χ0) is 11.5. The second-order valence-electron chi connectivity index (χ2n) is 4.28. The van der Waals surface area contributed by atoms with E-state index in [4.69, 9.17) is 0 Å². The molecule has 2 fully saturated rings. The molecule has 0 aromatic rings. The summed E-state index contributed by atoms with van der Waals surface area (Å²) in [5, 5.41) is 0.580. The van der Waals surface area contributed by atoms with Crippen molar-refractivity contribution < 1.29 is 4.79 Å². The number of amides is 1. The normalized spacial score (nSPS) is 32.8. The lowest BCUT2D eigenvalue weighted by Crippen LogP contribution is -2.50. The highest BCUT2D eigenvalue weighted by Crippen LogP contribution is 2.34. The smallest absolute Gasteiger partial charge is 0.246 e. The molecule has 2 nitrogen and oxygen atoms in total. The van der Waals surface area contributed by atoms with Crippen LogP contribution < -0.4 is 0 Å². The van der Waals surface area contributed by atoms with Gasteiger partial charge in [0, 0.05) is 23.6 Å². The van der Waals surface area contributed by atoms with Gasteiger partial charge in [0.2, 0.25) is 5.91 Å². The summed E-state index contributed by atoms with van der Waals surface area (Å²) in [6, 6.07) is 0.398. The highest BCUT2D eigenvalue weighted by molar-refractivity contribution is 8.18. The minimum absolute atomic E-state index is 0.173. The number of carbonyl (C=O) groups excluding carboxylic acids is 1. The second kappa shape index (κ2) is 5.91. The van der Waals surface area contributed by atoms with Gasteiger partial charge in [-0.25, -0.2) is 0 Å². The number of hydrogen-bond donors (Lipinski definition) is 0. The fraction of sp³-hybridized carbons (Fsp3) is 0.909. The zero-order valence-electron chi connectivity index (χ0n) is 9.85. The van der Waals surface area contributed by atoms with Gasteiger partial charge < -0.3 is 4.90 Å². The van der Waals surface area contributed by atoms with Gasteiger partial charge in [0.15, 0.2) is 0 Å². The fourth-order valence-electron chi connectivity index (χ4n) is 2.01. The van der Waals surface area contributed by atoms with Crippen molar-refractivity contribution in [3.8, 4) is 0 Å². The molecule has 16 heavy (non-hydrogen) atoms. The fourth-order valence-corrected chi connectivity index (χ4v) is 5.86. The van der Waals surface area contributed by atoms with Crippen molar-refractivity contribution in [3.05, 3.63) is 0 Å². The Bertz CT molecular complexity index is 256. The van der Waals surface area contributed by atoms with Gasteiger partial charge in [-0.1, -0.05) is 6.92 Å². The predicted molar refractivity (Wildman–Crippen MR) is 76.4 cm³/mol. The van der Waals surface area contributed by atoms with Gasteiger partial charge in [-0.05, 0) is 24.9 Å². The van der Waals surface area contributed by atoms with Crippen molar-refractivity contribution >= 4 is 41.2 Å². The lowest BCUT2D eigenvalue weighted by molar-refractivity contribution is -0.130. The van der Waals surface area contributed by atoms with Crippen LogP contribution in [-0.4, -0.2) is 50.5 Å². The summed E-state index contributed by atoms with van der Waals surface area (Å²) in [5.74, 6) is 3.76. The highest BCUT2D eigenvalue weighted by atomic mass is 32.2. The molecule has 2 rings (SSSR count). The topological polar surface area (TPSA) is 20.3 Å². The van der Waals surface area contributed by atoms with Crippen LogP contribution >= 0.6 is 35.3 Å². The molecule has 2 aliphatic heterocycles. The van der Waals surface area contributed by atoms with Gasteiger partial charge in [0.1, 0.15) is 4.58 Å². The summed E-state index contributed by atoms with van der Waals surface area (Å²) in [5.41, 5.74) is 0. The molecular formula is C11H19NOS3. The molecule has 2 heterocycles. The maximum Gasteiger partial charge on any atom is 0.246 e. The van der Waals surface area contributed by atoms with E-state index in [9.17, 15) is 4.79 Å². The first-order valence-electron chi connectivity index (χ1n) is 5.85. The summed E-state index contributed by atoms with van der Waals surface area (Å²) in [6.07, 6.45) is 1.25. The Hall–Kier alpha value is 0.520. The van der Waals surface area contributed by atoms with Crippen LogP contribution in [0.3, 0.4) is 0 Å².